The van der Waals surface area contributed by atoms with E-state index in [4.69, 9.17) is 4.74 Å². The number of para-hydroxylation sites is 1. The summed E-state index contributed by atoms with van der Waals surface area (Å²) in [5, 5.41) is 12.4. The zero-order valence-corrected chi connectivity index (χ0v) is 18.2. The molecule has 1 N–H and O–H groups in total. The number of methoxy groups -OCH3 is 1. The maximum atomic E-state index is 13.3. The maximum Gasteiger partial charge on any atom is 0.416 e. The van der Waals surface area contributed by atoms with Gasteiger partial charge in [0, 0.05) is 39.0 Å². The average molecular weight is 458 g/mol. The first-order valence-electron chi connectivity index (χ1n) is 10.8. The molecule has 0 aromatic heterocycles. The Morgan fingerprint density at radius 1 is 1.21 bits per heavy atom. The highest BCUT2D eigenvalue weighted by Crippen LogP contribution is 2.40. The number of hydrogen-bond donors (Lipinski definition) is 1. The summed E-state index contributed by atoms with van der Waals surface area (Å²) in [6.45, 7) is 2.29. The number of carbonyl (C=O) groups excluding carboxylic acids is 1. The van der Waals surface area contributed by atoms with Crippen LogP contribution in [0, 0.1) is 17.2 Å². The number of nitriles is 1. The van der Waals surface area contributed by atoms with E-state index in [0.717, 1.165) is 17.4 Å². The molecule has 1 saturated heterocycles. The summed E-state index contributed by atoms with van der Waals surface area (Å²) in [4.78, 5) is 17.2. The maximum absolute atomic E-state index is 13.3. The fraction of sp³-hybridized carbons (Fsp3) is 0.417. The Bertz CT molecular complexity index is 1070. The van der Waals surface area contributed by atoms with Crippen LogP contribution >= 0.6 is 0 Å². The largest absolute Gasteiger partial charge is 0.416 e. The molecule has 0 aliphatic carbocycles. The number of nitrogens with one attached hydrogen (secondary N) is 1. The molecule has 4 rings (SSSR count). The number of carbonyl (C=O) groups is 1. The van der Waals surface area contributed by atoms with Crippen LogP contribution < -0.4 is 15.1 Å². The van der Waals surface area contributed by atoms with Gasteiger partial charge in [0.15, 0.2) is 0 Å². The van der Waals surface area contributed by atoms with E-state index in [2.05, 4.69) is 16.3 Å². The lowest BCUT2D eigenvalue weighted by Crippen LogP contribution is -2.61. The van der Waals surface area contributed by atoms with Gasteiger partial charge in [-0.1, -0.05) is 12.1 Å². The van der Waals surface area contributed by atoms with E-state index in [9.17, 15) is 23.2 Å². The summed E-state index contributed by atoms with van der Waals surface area (Å²) in [6.07, 6.45) is -4.23. The lowest BCUT2D eigenvalue weighted by molar-refractivity contribution is -0.137. The van der Waals surface area contributed by atoms with Crippen molar-refractivity contribution in [2.75, 3.05) is 49.7 Å². The van der Waals surface area contributed by atoms with E-state index in [1.165, 1.54) is 19.2 Å². The van der Waals surface area contributed by atoms with Crippen molar-refractivity contribution in [2.45, 2.75) is 18.6 Å². The second kappa shape index (κ2) is 9.32. The molecule has 2 aliphatic heterocycles. The smallest absolute Gasteiger partial charge is 0.383 e. The van der Waals surface area contributed by atoms with Crippen LogP contribution in [0.1, 0.15) is 16.7 Å². The quantitative estimate of drug-likeness (QED) is 0.697. The van der Waals surface area contributed by atoms with Crippen molar-refractivity contribution in [1.29, 1.82) is 5.26 Å². The van der Waals surface area contributed by atoms with Crippen molar-refractivity contribution in [3.05, 3.63) is 59.2 Å². The zero-order chi connectivity index (χ0) is 23.6. The number of rotatable bonds is 5. The number of alkyl halides is 3. The van der Waals surface area contributed by atoms with Crippen LogP contribution in [0.3, 0.4) is 0 Å². The van der Waals surface area contributed by atoms with Gasteiger partial charge in [-0.25, -0.2) is 0 Å². The summed E-state index contributed by atoms with van der Waals surface area (Å²) in [7, 11) is 1.54. The number of ether oxygens (including phenoxy) is 1. The molecule has 1 fully saturated rings. The van der Waals surface area contributed by atoms with Crippen LogP contribution in [0.15, 0.2) is 42.5 Å². The molecule has 0 unspecified atom stereocenters. The summed E-state index contributed by atoms with van der Waals surface area (Å²) >= 11 is 0. The molecule has 6 nitrogen and oxygen atoms in total. The van der Waals surface area contributed by atoms with E-state index in [-0.39, 0.29) is 18.4 Å². The first-order chi connectivity index (χ1) is 15.8. The van der Waals surface area contributed by atoms with E-state index in [1.807, 2.05) is 17.0 Å². The zero-order valence-electron chi connectivity index (χ0n) is 18.2. The Balaban J connectivity index is 1.67. The standard InChI is InChI=1S/C24H25F3N4O2/c1-33-11-8-29-23(32)19-13-17-12-18(24(25,26)27)6-7-21(17)31-10-9-30(15-22(19)31)20-5-3-2-4-16(20)14-28/h2-7,12,19,22H,8-11,13,15H2,1H3,(H,29,32)/t19-,22+/m1/s1. The van der Waals surface area contributed by atoms with Gasteiger partial charge in [0.2, 0.25) is 5.91 Å². The number of benzene rings is 2. The van der Waals surface area contributed by atoms with Crippen molar-refractivity contribution < 1.29 is 22.7 Å². The minimum absolute atomic E-state index is 0.208. The topological polar surface area (TPSA) is 68.6 Å². The normalized spacial score (nSPS) is 20.0. The van der Waals surface area contributed by atoms with Crippen molar-refractivity contribution in [1.82, 2.24) is 5.32 Å². The van der Waals surface area contributed by atoms with Gasteiger partial charge in [0.25, 0.3) is 0 Å². The summed E-state index contributed by atoms with van der Waals surface area (Å²) in [5.74, 6) is -0.740. The lowest BCUT2D eigenvalue weighted by Gasteiger charge is -2.49. The first-order valence-corrected chi connectivity index (χ1v) is 10.8. The van der Waals surface area contributed by atoms with E-state index in [1.54, 1.807) is 12.1 Å². The Kier molecular flexibility index (Phi) is 6.47. The van der Waals surface area contributed by atoms with Crippen molar-refractivity contribution in [3.8, 4) is 6.07 Å². The summed E-state index contributed by atoms with van der Waals surface area (Å²) in [6, 6.07) is 13.1. The minimum Gasteiger partial charge on any atom is -0.383 e. The van der Waals surface area contributed by atoms with Gasteiger partial charge < -0.3 is 19.9 Å². The summed E-state index contributed by atoms with van der Waals surface area (Å²) in [5.41, 5.74) is 1.91. The van der Waals surface area contributed by atoms with E-state index >= 15 is 0 Å². The number of nitrogens with zero attached hydrogens (tertiary/aromatic N) is 3. The Morgan fingerprint density at radius 3 is 2.73 bits per heavy atom. The molecule has 33 heavy (non-hydrogen) atoms. The molecule has 174 valence electrons. The molecule has 0 radical (unpaired) electrons. The van der Waals surface area contributed by atoms with Crippen LogP contribution in [0.4, 0.5) is 24.5 Å². The molecule has 2 aromatic rings. The average Bonchev–Trinajstić information content (AvgIpc) is 2.82. The van der Waals surface area contributed by atoms with Crippen LogP contribution in [0.5, 0.6) is 0 Å². The van der Waals surface area contributed by atoms with Crippen LogP contribution in [-0.2, 0) is 22.1 Å². The molecule has 2 aliphatic rings. The lowest BCUT2D eigenvalue weighted by atomic mass is 9.82. The number of anilines is 2. The summed E-state index contributed by atoms with van der Waals surface area (Å²) < 4.78 is 45.0. The predicted octanol–water partition coefficient (Wildman–Crippen LogP) is 3.21. The van der Waals surface area contributed by atoms with Gasteiger partial charge in [-0.2, -0.15) is 18.4 Å². The van der Waals surface area contributed by atoms with E-state index in [0.29, 0.717) is 43.9 Å². The third kappa shape index (κ3) is 4.62. The van der Waals surface area contributed by atoms with Gasteiger partial charge in [-0.15, -0.1) is 0 Å². The van der Waals surface area contributed by atoms with E-state index < -0.39 is 17.7 Å². The highest BCUT2D eigenvalue weighted by Gasteiger charge is 2.43. The van der Waals surface area contributed by atoms with Gasteiger partial charge >= 0.3 is 6.18 Å². The first kappa shape index (κ1) is 22.9. The predicted molar refractivity (Wildman–Crippen MR) is 118 cm³/mol. The van der Waals surface area contributed by atoms with Crippen molar-refractivity contribution in [3.63, 3.8) is 0 Å². The highest BCUT2D eigenvalue weighted by atomic mass is 19.4. The van der Waals surface area contributed by atoms with Gasteiger partial charge in [0.1, 0.15) is 6.07 Å². The van der Waals surface area contributed by atoms with Crippen molar-refractivity contribution >= 4 is 17.3 Å². The number of halogens is 3. The molecule has 0 bridgehead atoms. The molecule has 0 saturated carbocycles. The SMILES string of the molecule is COCCNC(=O)[C@@H]1Cc2cc(C(F)(F)F)ccc2N2CCN(c3ccccc3C#N)C[C@@H]12. The molecule has 2 aromatic carbocycles. The van der Waals surface area contributed by atoms with Gasteiger partial charge in [-0.3, -0.25) is 4.79 Å². The number of hydrogen-bond acceptors (Lipinski definition) is 5. The Labute approximate surface area is 190 Å². The van der Waals surface area contributed by atoms with Crippen LogP contribution in [0.25, 0.3) is 0 Å². The third-order valence-electron chi connectivity index (χ3n) is 6.35. The highest BCUT2D eigenvalue weighted by molar-refractivity contribution is 5.82. The minimum atomic E-state index is -4.44. The molecular formula is C24H25F3N4O2. The Hall–Kier alpha value is -3.25. The fourth-order valence-electron chi connectivity index (χ4n) is 4.77. The van der Waals surface area contributed by atoms with Crippen LogP contribution in [-0.4, -0.2) is 51.8 Å². The molecule has 1 amide bonds. The van der Waals surface area contributed by atoms with Crippen LogP contribution in [0.2, 0.25) is 0 Å². The monoisotopic (exact) mass is 458 g/mol. The number of fused-ring (bicyclic) bond motifs is 3. The second-order valence-electron chi connectivity index (χ2n) is 8.27. The third-order valence-corrected chi connectivity index (χ3v) is 6.35. The molecule has 0 spiro atoms. The molecular weight excluding hydrogens is 433 g/mol. The molecule has 2 atom stereocenters. The Morgan fingerprint density at radius 2 is 2.00 bits per heavy atom. The molecule has 9 heteroatoms. The van der Waals surface area contributed by atoms with Gasteiger partial charge in [-0.05, 0) is 42.3 Å². The molecule has 2 heterocycles. The second-order valence-corrected chi connectivity index (χ2v) is 8.27. The number of amides is 1. The number of piperazine rings is 1. The fourth-order valence-corrected chi connectivity index (χ4v) is 4.77. The van der Waals surface area contributed by atoms with Gasteiger partial charge in [0.05, 0.1) is 35.4 Å². The van der Waals surface area contributed by atoms with Crippen molar-refractivity contribution in [2.24, 2.45) is 5.92 Å².